The van der Waals surface area contributed by atoms with E-state index in [4.69, 9.17) is 8.92 Å². The standard InChI is InChI=1S/C10H19NO5S/c1-10(2,3)15-9(12)8(7-5-11-6-7)16-17(4,13)14/h7-8,11H,5-6H2,1-4H3. The summed E-state index contributed by atoms with van der Waals surface area (Å²) in [5.41, 5.74) is -0.659. The molecule has 1 rings (SSSR count). The highest BCUT2D eigenvalue weighted by molar-refractivity contribution is 7.86. The molecule has 1 unspecified atom stereocenters. The highest BCUT2D eigenvalue weighted by Crippen LogP contribution is 2.19. The molecule has 1 saturated heterocycles. The molecule has 1 atom stereocenters. The van der Waals surface area contributed by atoms with Crippen molar-refractivity contribution in [3.63, 3.8) is 0 Å². The first-order valence-corrected chi connectivity index (χ1v) is 7.22. The second-order valence-electron chi connectivity index (χ2n) is 5.17. The van der Waals surface area contributed by atoms with Crippen LogP contribution in [0.4, 0.5) is 0 Å². The Labute approximate surface area is 102 Å². The highest BCUT2D eigenvalue weighted by atomic mass is 32.2. The van der Waals surface area contributed by atoms with Crippen LogP contribution in [0.2, 0.25) is 0 Å². The van der Waals surface area contributed by atoms with Crippen molar-refractivity contribution in [1.29, 1.82) is 0 Å². The fourth-order valence-corrected chi connectivity index (χ4v) is 2.00. The van der Waals surface area contributed by atoms with Crippen molar-refractivity contribution in [2.75, 3.05) is 19.3 Å². The molecule has 0 radical (unpaired) electrons. The average molecular weight is 265 g/mol. The maximum absolute atomic E-state index is 11.8. The topological polar surface area (TPSA) is 81.7 Å². The number of carbonyl (C=O) groups is 1. The third-order valence-corrected chi connectivity index (χ3v) is 2.72. The predicted molar refractivity (Wildman–Crippen MR) is 61.9 cm³/mol. The zero-order valence-corrected chi connectivity index (χ0v) is 11.3. The van der Waals surface area contributed by atoms with Crippen molar-refractivity contribution in [2.24, 2.45) is 5.92 Å². The van der Waals surface area contributed by atoms with E-state index in [0.29, 0.717) is 13.1 Å². The van der Waals surface area contributed by atoms with Gasteiger partial charge in [0.15, 0.2) is 6.10 Å². The first-order valence-electron chi connectivity index (χ1n) is 5.40. The first-order chi connectivity index (χ1) is 7.58. The van der Waals surface area contributed by atoms with Gasteiger partial charge in [-0.2, -0.15) is 8.42 Å². The molecule has 1 aliphatic heterocycles. The lowest BCUT2D eigenvalue weighted by Gasteiger charge is -2.33. The van der Waals surface area contributed by atoms with Crippen molar-refractivity contribution in [3.8, 4) is 0 Å². The summed E-state index contributed by atoms with van der Waals surface area (Å²) in [4.78, 5) is 11.8. The normalized spacial score (nSPS) is 19.5. The predicted octanol–water partition coefficient (Wildman–Crippen LogP) is -0.108. The van der Waals surface area contributed by atoms with Gasteiger partial charge in [0.05, 0.1) is 6.26 Å². The molecule has 0 aliphatic carbocycles. The molecule has 0 saturated carbocycles. The summed E-state index contributed by atoms with van der Waals surface area (Å²) < 4.78 is 32.2. The molecule has 0 amide bonds. The van der Waals surface area contributed by atoms with Crippen molar-refractivity contribution < 1.29 is 22.1 Å². The zero-order valence-electron chi connectivity index (χ0n) is 10.5. The SMILES string of the molecule is CC(C)(C)OC(=O)C(OS(C)(=O)=O)C1CNC1. The molecule has 17 heavy (non-hydrogen) atoms. The molecular weight excluding hydrogens is 246 g/mol. The van der Waals surface area contributed by atoms with E-state index in [1.807, 2.05) is 0 Å². The van der Waals surface area contributed by atoms with Crippen LogP contribution < -0.4 is 5.32 Å². The minimum atomic E-state index is -3.67. The Morgan fingerprint density at radius 2 is 1.88 bits per heavy atom. The second-order valence-corrected chi connectivity index (χ2v) is 6.77. The monoisotopic (exact) mass is 265 g/mol. The van der Waals surface area contributed by atoms with Gasteiger partial charge in [-0.25, -0.2) is 4.79 Å². The third-order valence-electron chi connectivity index (χ3n) is 2.16. The summed E-state index contributed by atoms with van der Waals surface area (Å²) in [7, 11) is -3.67. The Kier molecular flexibility index (Phi) is 4.16. The number of carbonyl (C=O) groups excluding carboxylic acids is 1. The van der Waals surface area contributed by atoms with Gasteiger partial charge in [-0.05, 0) is 20.8 Å². The van der Waals surface area contributed by atoms with Gasteiger partial charge >= 0.3 is 5.97 Å². The molecule has 0 aromatic carbocycles. The van der Waals surface area contributed by atoms with Crippen LogP contribution in [-0.4, -0.2) is 45.4 Å². The van der Waals surface area contributed by atoms with Gasteiger partial charge in [-0.15, -0.1) is 0 Å². The fraction of sp³-hybridized carbons (Fsp3) is 0.900. The molecule has 0 bridgehead atoms. The summed E-state index contributed by atoms with van der Waals surface area (Å²) >= 11 is 0. The lowest BCUT2D eigenvalue weighted by molar-refractivity contribution is -0.166. The van der Waals surface area contributed by atoms with Gasteiger partial charge in [0.1, 0.15) is 5.60 Å². The van der Waals surface area contributed by atoms with Crippen molar-refractivity contribution in [3.05, 3.63) is 0 Å². The van der Waals surface area contributed by atoms with E-state index < -0.39 is 27.8 Å². The van der Waals surface area contributed by atoms with Gasteiger partial charge in [-0.1, -0.05) is 0 Å². The van der Waals surface area contributed by atoms with Gasteiger partial charge in [0.25, 0.3) is 10.1 Å². The second kappa shape index (κ2) is 4.91. The molecule has 7 heteroatoms. The summed E-state index contributed by atoms with van der Waals surface area (Å²) in [5.74, 6) is -0.783. The van der Waals surface area contributed by atoms with E-state index in [9.17, 15) is 13.2 Å². The number of esters is 1. The lowest BCUT2D eigenvalue weighted by Crippen LogP contribution is -2.53. The van der Waals surface area contributed by atoms with Crippen LogP contribution in [-0.2, 0) is 23.8 Å². The van der Waals surface area contributed by atoms with Crippen molar-refractivity contribution >= 4 is 16.1 Å². The Bertz CT molecular complexity index is 380. The Balaban J connectivity index is 2.72. The molecule has 0 aromatic rings. The van der Waals surface area contributed by atoms with Crippen LogP contribution in [0.5, 0.6) is 0 Å². The van der Waals surface area contributed by atoms with Crippen LogP contribution in [0.15, 0.2) is 0 Å². The summed E-state index contributed by atoms with van der Waals surface area (Å²) in [6.07, 6.45) is -0.123. The van der Waals surface area contributed by atoms with E-state index in [2.05, 4.69) is 5.32 Å². The summed E-state index contributed by atoms with van der Waals surface area (Å²) in [6, 6.07) is 0. The molecule has 1 heterocycles. The molecular formula is C10H19NO5S. The third kappa shape index (κ3) is 5.01. The zero-order chi connectivity index (χ0) is 13.3. The minimum absolute atomic E-state index is 0.153. The Morgan fingerprint density at radius 1 is 1.35 bits per heavy atom. The lowest BCUT2D eigenvalue weighted by atomic mass is 9.96. The van der Waals surface area contributed by atoms with Crippen molar-refractivity contribution in [1.82, 2.24) is 5.32 Å². The number of hydrogen-bond acceptors (Lipinski definition) is 6. The average Bonchev–Trinajstić information content (AvgIpc) is 1.93. The van der Waals surface area contributed by atoms with Gasteiger partial charge in [0, 0.05) is 19.0 Å². The van der Waals surface area contributed by atoms with Crippen molar-refractivity contribution in [2.45, 2.75) is 32.5 Å². The quantitative estimate of drug-likeness (QED) is 0.564. The molecule has 1 aliphatic rings. The van der Waals surface area contributed by atoms with Crippen LogP contribution in [0, 0.1) is 5.92 Å². The molecule has 100 valence electrons. The number of ether oxygens (including phenoxy) is 1. The maximum Gasteiger partial charge on any atom is 0.337 e. The van der Waals surface area contributed by atoms with Gasteiger partial charge in [-0.3, -0.25) is 4.18 Å². The number of rotatable bonds is 4. The van der Waals surface area contributed by atoms with Gasteiger partial charge < -0.3 is 10.1 Å². The number of hydrogen-bond donors (Lipinski definition) is 1. The highest BCUT2D eigenvalue weighted by Gasteiger charge is 2.38. The van der Waals surface area contributed by atoms with Crippen LogP contribution in [0.3, 0.4) is 0 Å². The Morgan fingerprint density at radius 3 is 2.18 bits per heavy atom. The molecule has 1 fully saturated rings. The molecule has 0 spiro atoms. The number of nitrogens with one attached hydrogen (secondary N) is 1. The summed E-state index contributed by atoms with van der Waals surface area (Å²) in [5, 5.41) is 2.96. The largest absolute Gasteiger partial charge is 0.458 e. The Hall–Kier alpha value is -0.660. The van der Waals surface area contributed by atoms with E-state index in [-0.39, 0.29) is 5.92 Å². The summed E-state index contributed by atoms with van der Waals surface area (Å²) in [6.45, 7) is 6.28. The molecule has 6 nitrogen and oxygen atoms in total. The molecule has 1 N–H and O–H groups in total. The van der Waals surface area contributed by atoms with E-state index in [1.54, 1.807) is 20.8 Å². The van der Waals surface area contributed by atoms with E-state index >= 15 is 0 Å². The fourth-order valence-electron chi connectivity index (χ4n) is 1.38. The maximum atomic E-state index is 11.8. The van der Waals surface area contributed by atoms with E-state index in [1.165, 1.54) is 0 Å². The molecule has 0 aromatic heterocycles. The van der Waals surface area contributed by atoms with Crippen LogP contribution in [0.1, 0.15) is 20.8 Å². The van der Waals surface area contributed by atoms with Gasteiger partial charge in [0.2, 0.25) is 0 Å². The van der Waals surface area contributed by atoms with Crippen LogP contribution >= 0.6 is 0 Å². The van der Waals surface area contributed by atoms with E-state index in [0.717, 1.165) is 6.26 Å². The first kappa shape index (κ1) is 14.4. The smallest absolute Gasteiger partial charge is 0.337 e. The minimum Gasteiger partial charge on any atom is -0.458 e. The van der Waals surface area contributed by atoms with Crippen LogP contribution in [0.25, 0.3) is 0 Å².